The predicted octanol–water partition coefficient (Wildman–Crippen LogP) is 2.86. The standard InChI is InChI=1S/C15H23BrN2O2/c1-10(2)7-12(9-18(3)4)17-15(20)13-8-11(16)5-6-14(13)19/h5-6,8,10,12,19H,7,9H2,1-4H3,(H,17,20). The quantitative estimate of drug-likeness (QED) is 0.835. The first-order valence-electron chi connectivity index (χ1n) is 6.73. The Morgan fingerprint density at radius 3 is 2.60 bits per heavy atom. The van der Waals surface area contributed by atoms with Gasteiger partial charge in [-0.1, -0.05) is 29.8 Å². The van der Waals surface area contributed by atoms with Crippen LogP contribution in [0.4, 0.5) is 0 Å². The van der Waals surface area contributed by atoms with Gasteiger partial charge in [0.05, 0.1) is 5.56 Å². The highest BCUT2D eigenvalue weighted by Gasteiger charge is 2.18. The maximum Gasteiger partial charge on any atom is 0.255 e. The van der Waals surface area contributed by atoms with E-state index in [1.807, 2.05) is 19.0 Å². The van der Waals surface area contributed by atoms with E-state index in [0.717, 1.165) is 17.4 Å². The van der Waals surface area contributed by atoms with E-state index in [4.69, 9.17) is 0 Å². The first kappa shape index (κ1) is 17.0. The molecular formula is C15H23BrN2O2. The fraction of sp³-hybridized carbons (Fsp3) is 0.533. The molecule has 2 N–H and O–H groups in total. The molecule has 1 unspecified atom stereocenters. The van der Waals surface area contributed by atoms with E-state index in [1.165, 1.54) is 6.07 Å². The Balaban J connectivity index is 2.81. The molecule has 0 bridgehead atoms. The van der Waals surface area contributed by atoms with Gasteiger partial charge in [0.15, 0.2) is 0 Å². The SMILES string of the molecule is CC(C)CC(CN(C)C)NC(=O)c1cc(Br)ccc1O. The number of phenolic OH excluding ortho intramolecular Hbond substituents is 1. The van der Waals surface area contributed by atoms with E-state index in [2.05, 4.69) is 35.1 Å². The smallest absolute Gasteiger partial charge is 0.255 e. The molecule has 20 heavy (non-hydrogen) atoms. The van der Waals surface area contributed by atoms with Gasteiger partial charge in [0.25, 0.3) is 5.91 Å². The van der Waals surface area contributed by atoms with Crippen molar-refractivity contribution in [2.24, 2.45) is 5.92 Å². The molecule has 0 spiro atoms. The third-order valence-electron chi connectivity index (χ3n) is 2.88. The minimum Gasteiger partial charge on any atom is -0.507 e. The van der Waals surface area contributed by atoms with Gasteiger partial charge in [-0.25, -0.2) is 0 Å². The molecule has 0 aliphatic rings. The molecule has 4 nitrogen and oxygen atoms in total. The molecule has 5 heteroatoms. The second-order valence-corrected chi connectivity index (χ2v) is 6.64. The van der Waals surface area contributed by atoms with Gasteiger partial charge >= 0.3 is 0 Å². The minimum absolute atomic E-state index is 0.00106. The van der Waals surface area contributed by atoms with Crippen molar-refractivity contribution < 1.29 is 9.90 Å². The van der Waals surface area contributed by atoms with Crippen LogP contribution in [0.5, 0.6) is 5.75 Å². The van der Waals surface area contributed by atoms with E-state index in [-0.39, 0.29) is 17.7 Å². The van der Waals surface area contributed by atoms with Crippen molar-refractivity contribution in [3.05, 3.63) is 28.2 Å². The first-order chi connectivity index (χ1) is 9.29. The van der Waals surface area contributed by atoms with Crippen LogP contribution in [0, 0.1) is 5.92 Å². The number of hydrogen-bond donors (Lipinski definition) is 2. The van der Waals surface area contributed by atoms with Crippen molar-refractivity contribution in [3.63, 3.8) is 0 Å². The number of carbonyl (C=O) groups is 1. The molecular weight excluding hydrogens is 320 g/mol. The van der Waals surface area contributed by atoms with Gasteiger partial charge in [0.2, 0.25) is 0 Å². The number of aromatic hydroxyl groups is 1. The van der Waals surface area contributed by atoms with E-state index < -0.39 is 0 Å². The summed E-state index contributed by atoms with van der Waals surface area (Å²) in [6, 6.07) is 4.92. The van der Waals surface area contributed by atoms with Gasteiger partial charge in [-0.05, 0) is 44.6 Å². The van der Waals surface area contributed by atoms with Crippen LogP contribution in [-0.4, -0.2) is 42.6 Å². The second kappa shape index (κ2) is 7.64. The lowest BCUT2D eigenvalue weighted by atomic mass is 10.0. The zero-order valence-corrected chi connectivity index (χ0v) is 14.1. The van der Waals surface area contributed by atoms with Gasteiger partial charge in [-0.2, -0.15) is 0 Å². The molecule has 1 atom stereocenters. The van der Waals surface area contributed by atoms with Crippen molar-refractivity contribution in [3.8, 4) is 5.75 Å². The summed E-state index contributed by atoms with van der Waals surface area (Å²) in [6.07, 6.45) is 0.901. The van der Waals surface area contributed by atoms with Crippen molar-refractivity contribution in [2.45, 2.75) is 26.3 Å². The number of carbonyl (C=O) groups excluding carboxylic acids is 1. The molecule has 0 saturated heterocycles. The number of phenols is 1. The Morgan fingerprint density at radius 2 is 2.05 bits per heavy atom. The second-order valence-electron chi connectivity index (χ2n) is 5.72. The molecule has 0 saturated carbocycles. The Labute approximate surface area is 129 Å². The van der Waals surface area contributed by atoms with Crippen LogP contribution in [0.15, 0.2) is 22.7 Å². The van der Waals surface area contributed by atoms with Crippen molar-refractivity contribution in [2.75, 3.05) is 20.6 Å². The molecule has 0 aliphatic heterocycles. The molecule has 0 aromatic heterocycles. The molecule has 0 aliphatic carbocycles. The monoisotopic (exact) mass is 342 g/mol. The Morgan fingerprint density at radius 1 is 1.40 bits per heavy atom. The number of benzene rings is 1. The molecule has 112 valence electrons. The number of rotatable bonds is 6. The van der Waals surface area contributed by atoms with Gasteiger partial charge in [0, 0.05) is 17.1 Å². The van der Waals surface area contributed by atoms with E-state index in [1.54, 1.807) is 12.1 Å². The summed E-state index contributed by atoms with van der Waals surface area (Å²) in [5, 5.41) is 12.8. The Kier molecular flexibility index (Phi) is 6.49. The third-order valence-corrected chi connectivity index (χ3v) is 3.37. The highest BCUT2D eigenvalue weighted by molar-refractivity contribution is 9.10. The van der Waals surface area contributed by atoms with Crippen LogP contribution >= 0.6 is 15.9 Å². The minimum atomic E-state index is -0.240. The van der Waals surface area contributed by atoms with Crippen molar-refractivity contribution in [1.29, 1.82) is 0 Å². The highest BCUT2D eigenvalue weighted by Crippen LogP contribution is 2.22. The fourth-order valence-corrected chi connectivity index (χ4v) is 2.50. The number of nitrogens with one attached hydrogen (secondary N) is 1. The zero-order chi connectivity index (χ0) is 15.3. The summed E-state index contributed by atoms with van der Waals surface area (Å²) < 4.78 is 0.772. The summed E-state index contributed by atoms with van der Waals surface area (Å²) in [5.41, 5.74) is 0.298. The van der Waals surface area contributed by atoms with E-state index >= 15 is 0 Å². The number of halogens is 1. The van der Waals surface area contributed by atoms with Gasteiger partial charge in [-0.15, -0.1) is 0 Å². The Hall–Kier alpha value is -1.07. The van der Waals surface area contributed by atoms with Crippen molar-refractivity contribution >= 4 is 21.8 Å². The van der Waals surface area contributed by atoms with E-state index in [9.17, 15) is 9.90 Å². The largest absolute Gasteiger partial charge is 0.507 e. The zero-order valence-electron chi connectivity index (χ0n) is 12.5. The molecule has 1 aromatic rings. The van der Waals surface area contributed by atoms with Gasteiger partial charge in [-0.3, -0.25) is 4.79 Å². The van der Waals surface area contributed by atoms with Crippen LogP contribution in [0.2, 0.25) is 0 Å². The lowest BCUT2D eigenvalue weighted by Gasteiger charge is -2.24. The average Bonchev–Trinajstić information content (AvgIpc) is 2.30. The Bertz CT molecular complexity index is 451. The number of amides is 1. The fourth-order valence-electron chi connectivity index (χ4n) is 2.14. The molecule has 0 heterocycles. The maximum absolute atomic E-state index is 12.3. The summed E-state index contributed by atoms with van der Waals surface area (Å²) in [5.74, 6) is 0.256. The predicted molar refractivity (Wildman–Crippen MR) is 85.1 cm³/mol. The molecule has 1 rings (SSSR count). The number of hydrogen-bond acceptors (Lipinski definition) is 3. The molecule has 1 amide bonds. The van der Waals surface area contributed by atoms with Crippen LogP contribution in [-0.2, 0) is 0 Å². The lowest BCUT2D eigenvalue weighted by molar-refractivity contribution is 0.0922. The van der Waals surface area contributed by atoms with Crippen LogP contribution in [0.1, 0.15) is 30.6 Å². The summed E-state index contributed by atoms with van der Waals surface area (Å²) in [7, 11) is 3.96. The lowest BCUT2D eigenvalue weighted by Crippen LogP contribution is -2.42. The first-order valence-corrected chi connectivity index (χ1v) is 7.53. The highest BCUT2D eigenvalue weighted by atomic mass is 79.9. The average molecular weight is 343 g/mol. The van der Waals surface area contributed by atoms with Gasteiger partial charge in [0.1, 0.15) is 5.75 Å². The summed E-state index contributed by atoms with van der Waals surface area (Å²) in [6.45, 7) is 5.04. The van der Waals surface area contributed by atoms with Crippen molar-refractivity contribution in [1.82, 2.24) is 10.2 Å². The molecule has 1 aromatic carbocycles. The normalized spacial score (nSPS) is 12.8. The van der Waals surface area contributed by atoms with Crippen LogP contribution in [0.25, 0.3) is 0 Å². The van der Waals surface area contributed by atoms with E-state index in [0.29, 0.717) is 11.5 Å². The maximum atomic E-state index is 12.3. The number of nitrogens with zero attached hydrogens (tertiary/aromatic N) is 1. The van der Waals surface area contributed by atoms with Gasteiger partial charge < -0.3 is 15.3 Å². The summed E-state index contributed by atoms with van der Waals surface area (Å²) in [4.78, 5) is 14.3. The van der Waals surface area contributed by atoms with Crippen LogP contribution in [0.3, 0.4) is 0 Å². The molecule has 0 radical (unpaired) electrons. The third kappa shape index (κ3) is 5.51. The molecule has 0 fully saturated rings. The summed E-state index contributed by atoms with van der Waals surface area (Å²) >= 11 is 3.31. The van der Waals surface area contributed by atoms with Crippen LogP contribution < -0.4 is 5.32 Å². The topological polar surface area (TPSA) is 52.6 Å². The number of likely N-dealkylation sites (N-methyl/N-ethyl adjacent to an activating group) is 1.